The molecular weight excluding hydrogens is 484 g/mol. The van der Waals surface area contributed by atoms with Crippen molar-refractivity contribution in [2.24, 2.45) is 0 Å². The molecule has 2 nitrogen and oxygen atoms in total. The van der Waals surface area contributed by atoms with Gasteiger partial charge in [-0.2, -0.15) is 0 Å². The van der Waals surface area contributed by atoms with E-state index in [9.17, 15) is 0 Å². The highest BCUT2D eigenvalue weighted by molar-refractivity contribution is 6.21. The van der Waals surface area contributed by atoms with E-state index in [4.69, 9.17) is 5.73 Å². The molecule has 6 aromatic carbocycles. The molecule has 2 heteroatoms. The molecule has 0 spiro atoms. The van der Waals surface area contributed by atoms with Gasteiger partial charge in [-0.15, -0.1) is 0 Å². The van der Waals surface area contributed by atoms with Crippen molar-refractivity contribution >= 4 is 38.6 Å². The smallest absolute Gasteiger partial charge is 0.0545 e. The van der Waals surface area contributed by atoms with E-state index in [1.807, 2.05) is 0 Å². The zero-order valence-electron chi connectivity index (χ0n) is 23.4. The maximum atomic E-state index is 6.93. The van der Waals surface area contributed by atoms with Gasteiger partial charge < -0.3 is 11.1 Å². The second-order valence-corrected chi connectivity index (χ2v) is 12.5. The number of fused-ring (bicyclic) bond motifs is 8. The van der Waals surface area contributed by atoms with Crippen molar-refractivity contribution in [3.8, 4) is 22.3 Å². The first-order valence-electron chi connectivity index (χ1n) is 14.2. The summed E-state index contributed by atoms with van der Waals surface area (Å²) < 4.78 is 0. The van der Waals surface area contributed by atoms with E-state index in [2.05, 4.69) is 136 Å². The molecule has 0 bridgehead atoms. The minimum atomic E-state index is -0.0822. The Bertz CT molecular complexity index is 2040. The molecule has 8 rings (SSSR count). The maximum Gasteiger partial charge on any atom is 0.0545 e. The average molecular weight is 517 g/mol. The van der Waals surface area contributed by atoms with Crippen LogP contribution in [0.3, 0.4) is 0 Å². The van der Waals surface area contributed by atoms with Crippen molar-refractivity contribution in [1.29, 1.82) is 0 Å². The Kier molecular flexibility index (Phi) is 4.53. The number of nitrogen functional groups attached to an aromatic ring is 1. The van der Waals surface area contributed by atoms with Crippen molar-refractivity contribution in [1.82, 2.24) is 0 Å². The summed E-state index contributed by atoms with van der Waals surface area (Å²) in [4.78, 5) is 0. The Morgan fingerprint density at radius 1 is 0.475 bits per heavy atom. The molecule has 0 aliphatic heterocycles. The van der Waals surface area contributed by atoms with E-state index in [0.717, 1.165) is 33.2 Å². The van der Waals surface area contributed by atoms with Gasteiger partial charge in [0.25, 0.3) is 0 Å². The number of anilines is 3. The third kappa shape index (κ3) is 2.94. The fourth-order valence-corrected chi connectivity index (χ4v) is 7.46. The number of hydrogen-bond acceptors (Lipinski definition) is 2. The molecule has 194 valence electrons. The number of nitrogens with two attached hydrogens (primary N) is 1. The summed E-state index contributed by atoms with van der Waals surface area (Å²) in [5.41, 5.74) is 20.6. The Balaban J connectivity index is 1.37. The molecule has 2 aliphatic rings. The van der Waals surface area contributed by atoms with E-state index < -0.39 is 0 Å². The van der Waals surface area contributed by atoms with Crippen molar-refractivity contribution in [3.05, 3.63) is 125 Å². The van der Waals surface area contributed by atoms with Crippen LogP contribution in [0.5, 0.6) is 0 Å². The summed E-state index contributed by atoms with van der Waals surface area (Å²) in [5.74, 6) is 0. The van der Waals surface area contributed by atoms with Gasteiger partial charge in [0, 0.05) is 43.7 Å². The van der Waals surface area contributed by atoms with Gasteiger partial charge in [0.15, 0.2) is 0 Å². The van der Waals surface area contributed by atoms with Crippen LogP contribution >= 0.6 is 0 Å². The first-order chi connectivity index (χ1) is 19.3. The predicted molar refractivity (Wildman–Crippen MR) is 171 cm³/mol. The summed E-state index contributed by atoms with van der Waals surface area (Å²) in [6, 6.07) is 37.7. The van der Waals surface area contributed by atoms with Crippen LogP contribution in [0.4, 0.5) is 17.1 Å². The fourth-order valence-electron chi connectivity index (χ4n) is 7.46. The van der Waals surface area contributed by atoms with Gasteiger partial charge in [-0.05, 0) is 68.8 Å². The second-order valence-electron chi connectivity index (χ2n) is 12.5. The second kappa shape index (κ2) is 7.76. The molecule has 40 heavy (non-hydrogen) atoms. The van der Waals surface area contributed by atoms with E-state index in [-0.39, 0.29) is 10.8 Å². The Labute approximate surface area is 235 Å². The van der Waals surface area contributed by atoms with Gasteiger partial charge >= 0.3 is 0 Å². The predicted octanol–water partition coefficient (Wildman–Crippen LogP) is 9.93. The van der Waals surface area contributed by atoms with Crippen LogP contribution in [-0.4, -0.2) is 0 Å². The van der Waals surface area contributed by atoms with Crippen LogP contribution in [0.15, 0.2) is 103 Å². The van der Waals surface area contributed by atoms with Crippen LogP contribution in [0.25, 0.3) is 43.8 Å². The van der Waals surface area contributed by atoms with Crippen molar-refractivity contribution < 1.29 is 0 Å². The summed E-state index contributed by atoms with van der Waals surface area (Å²) in [5, 5.41) is 8.38. The molecule has 0 radical (unpaired) electrons. The van der Waals surface area contributed by atoms with Crippen LogP contribution in [0.2, 0.25) is 0 Å². The normalized spacial score (nSPS) is 15.5. The van der Waals surface area contributed by atoms with Crippen LogP contribution < -0.4 is 11.1 Å². The highest BCUT2D eigenvalue weighted by Gasteiger charge is 2.37. The zero-order valence-corrected chi connectivity index (χ0v) is 23.4. The van der Waals surface area contributed by atoms with Gasteiger partial charge in [-0.3, -0.25) is 0 Å². The Morgan fingerprint density at radius 2 is 1.02 bits per heavy atom. The molecular formula is C38H32N2. The van der Waals surface area contributed by atoms with Gasteiger partial charge in [0.05, 0.1) is 5.69 Å². The van der Waals surface area contributed by atoms with Gasteiger partial charge in [-0.1, -0.05) is 107 Å². The lowest BCUT2D eigenvalue weighted by molar-refractivity contribution is 0.660. The van der Waals surface area contributed by atoms with E-state index in [1.165, 1.54) is 49.9 Å². The number of nitrogens with one attached hydrogen (secondary N) is 1. The molecule has 2 aliphatic carbocycles. The van der Waals surface area contributed by atoms with Crippen molar-refractivity contribution in [2.45, 2.75) is 38.5 Å². The average Bonchev–Trinajstić information content (AvgIpc) is 3.34. The summed E-state index contributed by atoms with van der Waals surface area (Å²) in [6.45, 7) is 9.33. The minimum absolute atomic E-state index is 0.0501. The molecule has 0 atom stereocenters. The lowest BCUT2D eigenvalue weighted by atomic mass is 9.81. The monoisotopic (exact) mass is 516 g/mol. The van der Waals surface area contributed by atoms with Crippen molar-refractivity contribution in [3.63, 3.8) is 0 Å². The van der Waals surface area contributed by atoms with Gasteiger partial charge in [0.2, 0.25) is 0 Å². The fraction of sp³-hybridized carbons (Fsp3) is 0.158. The maximum absolute atomic E-state index is 6.93. The number of hydrogen-bond donors (Lipinski definition) is 2. The molecule has 0 aromatic heterocycles. The molecule has 6 aromatic rings. The molecule has 0 saturated carbocycles. The highest BCUT2D eigenvalue weighted by atomic mass is 14.9. The number of benzene rings is 6. The lowest BCUT2D eigenvalue weighted by Gasteiger charge is -2.24. The third-order valence-electron chi connectivity index (χ3n) is 9.62. The Hall–Kier alpha value is -4.56. The molecule has 0 fully saturated rings. The van der Waals surface area contributed by atoms with E-state index in [1.54, 1.807) is 0 Å². The van der Waals surface area contributed by atoms with Crippen LogP contribution in [0.1, 0.15) is 49.9 Å². The minimum Gasteiger partial charge on any atom is -0.398 e. The lowest BCUT2D eigenvalue weighted by Crippen LogP contribution is -2.15. The molecule has 0 heterocycles. The zero-order chi connectivity index (χ0) is 27.4. The molecule has 3 N–H and O–H groups in total. The van der Waals surface area contributed by atoms with Crippen LogP contribution in [0, 0.1) is 0 Å². The topological polar surface area (TPSA) is 38.0 Å². The molecule has 0 amide bonds. The standard InChI is InChI=1S/C38H32N2/c1-37(2)31-15-9-7-11-23(31)25-18-17-22(19-33(25)37)40-36-27-14-6-5-13-26(27)35(39)29-20-28-24-12-8-10-16-32(24)38(3,4)34(28)21-30(29)36/h5-21,40H,39H2,1-4H3. The largest absolute Gasteiger partial charge is 0.398 e. The number of rotatable bonds is 2. The highest BCUT2D eigenvalue weighted by Crippen LogP contribution is 2.53. The van der Waals surface area contributed by atoms with E-state index in [0.29, 0.717) is 0 Å². The summed E-state index contributed by atoms with van der Waals surface area (Å²) >= 11 is 0. The molecule has 0 unspecified atom stereocenters. The Morgan fingerprint density at radius 3 is 1.73 bits per heavy atom. The van der Waals surface area contributed by atoms with Gasteiger partial charge in [-0.25, -0.2) is 0 Å². The quantitative estimate of drug-likeness (QED) is 0.136. The third-order valence-corrected chi connectivity index (χ3v) is 9.62. The van der Waals surface area contributed by atoms with Crippen LogP contribution in [-0.2, 0) is 10.8 Å². The van der Waals surface area contributed by atoms with E-state index >= 15 is 0 Å². The summed E-state index contributed by atoms with van der Waals surface area (Å²) in [6.07, 6.45) is 0. The summed E-state index contributed by atoms with van der Waals surface area (Å²) in [7, 11) is 0. The van der Waals surface area contributed by atoms with Gasteiger partial charge in [0.1, 0.15) is 0 Å². The van der Waals surface area contributed by atoms with Crippen molar-refractivity contribution in [2.75, 3.05) is 11.1 Å². The SMILES string of the molecule is CC1(C)c2ccccc2-c2ccc(Nc3c4ccccc4c(N)c4cc5c(cc34)C(C)(C)c3ccccc3-5)cc21. The first-order valence-corrected chi connectivity index (χ1v) is 14.2. The molecule has 0 saturated heterocycles. The first kappa shape index (κ1) is 23.3.